The molecule has 2 heterocycles. The van der Waals surface area contributed by atoms with Crippen LogP contribution in [0, 0.1) is 5.82 Å². The van der Waals surface area contributed by atoms with Gasteiger partial charge in [-0.2, -0.15) is 0 Å². The maximum Gasteiger partial charge on any atom is 0.350 e. The van der Waals surface area contributed by atoms with Gasteiger partial charge in [-0.25, -0.2) is 18.3 Å². The number of benzene rings is 1. The first kappa shape index (κ1) is 12.0. The highest BCUT2D eigenvalue weighted by molar-refractivity contribution is 9.10. The molecule has 3 rings (SSSR count). The van der Waals surface area contributed by atoms with Gasteiger partial charge in [0.2, 0.25) is 0 Å². The Kier molecular flexibility index (Phi) is 2.90. The van der Waals surface area contributed by atoms with E-state index in [9.17, 15) is 9.18 Å². The van der Waals surface area contributed by atoms with Crippen LogP contribution < -0.4 is 5.69 Å². The van der Waals surface area contributed by atoms with Crippen molar-refractivity contribution in [2.45, 2.75) is 6.54 Å². The predicted octanol–water partition coefficient (Wildman–Crippen LogP) is 1.84. The molecule has 1 aromatic carbocycles. The van der Waals surface area contributed by atoms with Crippen molar-refractivity contribution in [3.8, 4) is 0 Å². The Morgan fingerprint density at radius 2 is 2.16 bits per heavy atom. The molecule has 0 bridgehead atoms. The van der Waals surface area contributed by atoms with Crippen molar-refractivity contribution >= 4 is 21.6 Å². The van der Waals surface area contributed by atoms with E-state index in [1.54, 1.807) is 12.3 Å². The summed E-state index contributed by atoms with van der Waals surface area (Å²) in [5, 5.41) is 4.13. The number of hydrogen-bond acceptors (Lipinski definition) is 3. The van der Waals surface area contributed by atoms with E-state index in [1.165, 1.54) is 33.6 Å². The van der Waals surface area contributed by atoms with Gasteiger partial charge in [-0.15, -0.1) is 5.10 Å². The maximum absolute atomic E-state index is 13.3. The standard InChI is InChI=1S/C12H8BrFN4O/c13-9-3-8(4-10(14)5-9)7-18-12(19)17-2-1-15-6-11(17)16-18/h1-6H,7H2. The number of hydrogen-bond donors (Lipinski definition) is 0. The van der Waals surface area contributed by atoms with Crippen molar-refractivity contribution in [3.63, 3.8) is 0 Å². The quantitative estimate of drug-likeness (QED) is 0.723. The third kappa shape index (κ3) is 2.28. The first-order chi connectivity index (χ1) is 9.13. The number of aromatic nitrogens is 4. The fraction of sp³-hybridized carbons (Fsp3) is 0.0833. The summed E-state index contributed by atoms with van der Waals surface area (Å²) in [5.41, 5.74) is 0.839. The van der Waals surface area contributed by atoms with Crippen LogP contribution in [0.25, 0.3) is 5.65 Å². The lowest BCUT2D eigenvalue weighted by Crippen LogP contribution is -2.21. The fourth-order valence-corrected chi connectivity index (χ4v) is 2.37. The first-order valence-corrected chi connectivity index (χ1v) is 6.27. The van der Waals surface area contributed by atoms with Crippen LogP contribution in [-0.2, 0) is 6.54 Å². The van der Waals surface area contributed by atoms with Gasteiger partial charge in [0.05, 0.1) is 12.7 Å². The van der Waals surface area contributed by atoms with E-state index in [0.29, 0.717) is 15.7 Å². The lowest BCUT2D eigenvalue weighted by Gasteiger charge is -2.01. The molecular weight excluding hydrogens is 315 g/mol. The van der Waals surface area contributed by atoms with E-state index in [4.69, 9.17) is 0 Å². The third-order valence-corrected chi connectivity index (χ3v) is 3.10. The minimum atomic E-state index is -0.358. The topological polar surface area (TPSA) is 52.2 Å². The van der Waals surface area contributed by atoms with E-state index in [2.05, 4.69) is 26.0 Å². The average Bonchev–Trinajstić information content (AvgIpc) is 2.66. The largest absolute Gasteiger partial charge is 0.350 e. The van der Waals surface area contributed by atoms with Crippen LogP contribution in [0.2, 0.25) is 0 Å². The van der Waals surface area contributed by atoms with Crippen molar-refractivity contribution in [3.05, 3.63) is 63.1 Å². The molecule has 0 aliphatic carbocycles. The lowest BCUT2D eigenvalue weighted by atomic mass is 10.2. The van der Waals surface area contributed by atoms with Gasteiger partial charge in [-0.3, -0.25) is 4.98 Å². The second kappa shape index (κ2) is 4.58. The molecule has 0 atom stereocenters. The predicted molar refractivity (Wildman–Crippen MR) is 70.4 cm³/mol. The Bertz CT molecular complexity index is 791. The number of nitrogens with zero attached hydrogens (tertiary/aromatic N) is 4. The van der Waals surface area contributed by atoms with E-state index in [-0.39, 0.29) is 18.1 Å². The summed E-state index contributed by atoms with van der Waals surface area (Å²) >= 11 is 3.22. The molecule has 7 heteroatoms. The molecule has 0 N–H and O–H groups in total. The molecule has 0 fully saturated rings. The molecule has 0 radical (unpaired) electrons. The minimum absolute atomic E-state index is 0.205. The minimum Gasteiger partial charge on any atom is -0.259 e. The van der Waals surface area contributed by atoms with Crippen LogP contribution in [0.15, 0.2) is 46.1 Å². The molecule has 0 saturated heterocycles. The Morgan fingerprint density at radius 3 is 2.89 bits per heavy atom. The summed E-state index contributed by atoms with van der Waals surface area (Å²) in [6.45, 7) is 0.205. The lowest BCUT2D eigenvalue weighted by molar-refractivity contribution is 0.614. The van der Waals surface area contributed by atoms with Crippen LogP contribution in [0.4, 0.5) is 4.39 Å². The van der Waals surface area contributed by atoms with E-state index >= 15 is 0 Å². The van der Waals surface area contributed by atoms with Crippen LogP contribution in [0.3, 0.4) is 0 Å². The fourth-order valence-electron chi connectivity index (χ4n) is 1.86. The van der Waals surface area contributed by atoms with Crippen LogP contribution >= 0.6 is 15.9 Å². The van der Waals surface area contributed by atoms with E-state index < -0.39 is 0 Å². The monoisotopic (exact) mass is 322 g/mol. The Morgan fingerprint density at radius 1 is 1.32 bits per heavy atom. The highest BCUT2D eigenvalue weighted by atomic mass is 79.9. The zero-order valence-electron chi connectivity index (χ0n) is 9.62. The average molecular weight is 323 g/mol. The SMILES string of the molecule is O=c1n(Cc2cc(F)cc(Br)c2)nc2cnccn12. The molecule has 0 amide bonds. The molecule has 0 spiro atoms. The van der Waals surface area contributed by atoms with Crippen LogP contribution in [-0.4, -0.2) is 19.2 Å². The van der Waals surface area contributed by atoms with Gasteiger partial charge in [-0.05, 0) is 23.8 Å². The molecule has 3 aromatic rings. The van der Waals surface area contributed by atoms with Crippen molar-refractivity contribution in [1.82, 2.24) is 19.2 Å². The summed E-state index contributed by atoms with van der Waals surface area (Å²) in [6.07, 6.45) is 4.56. The van der Waals surface area contributed by atoms with Gasteiger partial charge in [0.25, 0.3) is 0 Å². The second-order valence-corrected chi connectivity index (χ2v) is 4.94. The van der Waals surface area contributed by atoms with Gasteiger partial charge >= 0.3 is 5.69 Å². The number of halogens is 2. The molecule has 0 unspecified atom stereocenters. The van der Waals surface area contributed by atoms with Crippen LogP contribution in [0.5, 0.6) is 0 Å². The Balaban J connectivity index is 2.06. The zero-order valence-corrected chi connectivity index (χ0v) is 11.2. The maximum atomic E-state index is 13.3. The molecule has 19 heavy (non-hydrogen) atoms. The second-order valence-electron chi connectivity index (χ2n) is 4.02. The zero-order chi connectivity index (χ0) is 13.4. The van der Waals surface area contributed by atoms with Crippen molar-refractivity contribution < 1.29 is 4.39 Å². The highest BCUT2D eigenvalue weighted by Crippen LogP contribution is 2.15. The number of fused-ring (bicyclic) bond motifs is 1. The van der Waals surface area contributed by atoms with Gasteiger partial charge in [0.1, 0.15) is 5.82 Å². The summed E-state index contributed by atoms with van der Waals surface area (Å²) in [5.74, 6) is -0.358. The van der Waals surface area contributed by atoms with Crippen molar-refractivity contribution in [2.24, 2.45) is 0 Å². The van der Waals surface area contributed by atoms with Crippen LogP contribution in [0.1, 0.15) is 5.56 Å². The molecule has 0 aliphatic heterocycles. The van der Waals surface area contributed by atoms with Gasteiger partial charge < -0.3 is 0 Å². The Labute approximate surface area is 115 Å². The Hall–Kier alpha value is -2.02. The van der Waals surface area contributed by atoms with E-state index in [0.717, 1.165) is 0 Å². The normalized spacial score (nSPS) is 11.1. The van der Waals surface area contributed by atoms with Crippen molar-refractivity contribution in [1.29, 1.82) is 0 Å². The number of rotatable bonds is 2. The smallest absolute Gasteiger partial charge is 0.259 e. The molecule has 5 nitrogen and oxygen atoms in total. The summed E-state index contributed by atoms with van der Waals surface area (Å²) < 4.78 is 16.6. The van der Waals surface area contributed by atoms with Gasteiger partial charge in [0, 0.05) is 16.9 Å². The van der Waals surface area contributed by atoms with E-state index in [1.807, 2.05) is 0 Å². The molecule has 2 aromatic heterocycles. The highest BCUT2D eigenvalue weighted by Gasteiger charge is 2.08. The molecule has 96 valence electrons. The summed E-state index contributed by atoms with van der Waals surface area (Å²) in [4.78, 5) is 15.9. The first-order valence-electron chi connectivity index (χ1n) is 5.47. The van der Waals surface area contributed by atoms with Gasteiger partial charge in [-0.1, -0.05) is 15.9 Å². The summed E-state index contributed by atoms with van der Waals surface area (Å²) in [7, 11) is 0. The third-order valence-electron chi connectivity index (χ3n) is 2.64. The molecule has 0 saturated carbocycles. The van der Waals surface area contributed by atoms with Crippen molar-refractivity contribution in [2.75, 3.05) is 0 Å². The molecular formula is C12H8BrFN4O. The summed E-state index contributed by atoms with van der Waals surface area (Å²) in [6, 6.07) is 4.48. The molecule has 0 aliphatic rings. The van der Waals surface area contributed by atoms with Gasteiger partial charge in [0.15, 0.2) is 5.65 Å².